The zero-order chi connectivity index (χ0) is 14.7. The molecule has 0 radical (unpaired) electrons. The van der Waals surface area contributed by atoms with Crippen molar-refractivity contribution < 1.29 is 9.90 Å². The third-order valence-corrected chi connectivity index (χ3v) is 4.02. The number of fused-ring (bicyclic) bond motifs is 1. The van der Waals surface area contributed by atoms with Crippen molar-refractivity contribution in [2.45, 2.75) is 31.5 Å². The molecule has 20 heavy (non-hydrogen) atoms. The first-order valence-corrected chi connectivity index (χ1v) is 7.45. The lowest BCUT2D eigenvalue weighted by molar-refractivity contribution is -0.133. The third kappa shape index (κ3) is 3.04. The van der Waals surface area contributed by atoms with Crippen LogP contribution in [0.2, 0.25) is 0 Å². The van der Waals surface area contributed by atoms with Crippen molar-refractivity contribution >= 4 is 28.8 Å². The number of aliphatic carboxylic acids is 1. The number of aromatic nitrogens is 2. The van der Waals surface area contributed by atoms with Crippen molar-refractivity contribution in [2.24, 2.45) is 0 Å². The second-order valence-electron chi connectivity index (χ2n) is 4.81. The highest BCUT2D eigenvalue weighted by molar-refractivity contribution is 7.99. The van der Waals surface area contributed by atoms with Gasteiger partial charge in [0.25, 0.3) is 0 Å². The van der Waals surface area contributed by atoms with E-state index >= 15 is 0 Å². The van der Waals surface area contributed by atoms with Crippen LogP contribution in [0.3, 0.4) is 0 Å². The molecule has 0 aliphatic heterocycles. The summed E-state index contributed by atoms with van der Waals surface area (Å²) >= 11 is 1.26. The van der Waals surface area contributed by atoms with E-state index < -0.39 is 5.97 Å². The number of hydrogen-bond donors (Lipinski definition) is 1. The molecule has 1 aromatic heterocycles. The SMILES string of the molecule is C=CCC(C)n1c(SCC(=O)O)nc2cc(C)ccc21. The van der Waals surface area contributed by atoms with Crippen LogP contribution in [0.15, 0.2) is 36.0 Å². The van der Waals surface area contributed by atoms with Crippen LogP contribution in [-0.2, 0) is 4.79 Å². The lowest BCUT2D eigenvalue weighted by atomic mass is 10.2. The Morgan fingerprint density at radius 2 is 2.35 bits per heavy atom. The number of hydrogen-bond acceptors (Lipinski definition) is 3. The summed E-state index contributed by atoms with van der Waals surface area (Å²) in [6.07, 6.45) is 2.69. The maximum atomic E-state index is 10.8. The Morgan fingerprint density at radius 3 is 3.00 bits per heavy atom. The number of benzene rings is 1. The van der Waals surface area contributed by atoms with Gasteiger partial charge in [-0.25, -0.2) is 4.98 Å². The average Bonchev–Trinajstić information content (AvgIpc) is 2.74. The predicted octanol–water partition coefficient (Wildman–Crippen LogP) is 3.66. The molecule has 1 heterocycles. The molecule has 0 amide bonds. The first-order valence-electron chi connectivity index (χ1n) is 6.47. The fraction of sp³-hybridized carbons (Fsp3) is 0.333. The Bertz CT molecular complexity index is 649. The number of aryl methyl sites for hydroxylation is 1. The van der Waals surface area contributed by atoms with Gasteiger partial charge >= 0.3 is 5.97 Å². The molecule has 1 atom stereocenters. The van der Waals surface area contributed by atoms with Crippen LogP contribution in [0.4, 0.5) is 0 Å². The van der Waals surface area contributed by atoms with E-state index in [2.05, 4.69) is 23.1 Å². The van der Waals surface area contributed by atoms with Crippen LogP contribution in [-0.4, -0.2) is 26.4 Å². The Kier molecular flexibility index (Phi) is 4.49. The molecule has 0 bridgehead atoms. The Hall–Kier alpha value is -1.75. The molecule has 0 aliphatic carbocycles. The van der Waals surface area contributed by atoms with Crippen molar-refractivity contribution in [1.82, 2.24) is 9.55 Å². The van der Waals surface area contributed by atoms with Crippen molar-refractivity contribution in [3.63, 3.8) is 0 Å². The fourth-order valence-corrected chi connectivity index (χ4v) is 3.02. The molecule has 0 aliphatic rings. The number of carboxylic acid groups (broad SMARTS) is 1. The van der Waals surface area contributed by atoms with Gasteiger partial charge in [-0.15, -0.1) is 6.58 Å². The molecule has 1 unspecified atom stereocenters. The lowest BCUT2D eigenvalue weighted by Gasteiger charge is -2.15. The van der Waals surface area contributed by atoms with Crippen molar-refractivity contribution in [3.05, 3.63) is 36.4 Å². The van der Waals surface area contributed by atoms with Gasteiger partial charge in [-0.05, 0) is 38.0 Å². The van der Waals surface area contributed by atoms with E-state index in [-0.39, 0.29) is 11.8 Å². The van der Waals surface area contributed by atoms with Crippen molar-refractivity contribution in [3.8, 4) is 0 Å². The first-order chi connectivity index (χ1) is 9.52. The van der Waals surface area contributed by atoms with Crippen LogP contribution in [0.25, 0.3) is 11.0 Å². The monoisotopic (exact) mass is 290 g/mol. The van der Waals surface area contributed by atoms with Crippen LogP contribution >= 0.6 is 11.8 Å². The quantitative estimate of drug-likeness (QED) is 0.651. The fourth-order valence-electron chi connectivity index (χ4n) is 2.19. The second kappa shape index (κ2) is 6.13. The number of imidazole rings is 1. The molecule has 2 rings (SSSR count). The maximum Gasteiger partial charge on any atom is 0.313 e. The van der Waals surface area contributed by atoms with Crippen molar-refractivity contribution in [1.29, 1.82) is 0 Å². The van der Waals surface area contributed by atoms with E-state index in [0.29, 0.717) is 0 Å². The normalized spacial score (nSPS) is 12.5. The minimum Gasteiger partial charge on any atom is -0.481 e. The van der Waals surface area contributed by atoms with Gasteiger partial charge in [-0.3, -0.25) is 4.79 Å². The minimum atomic E-state index is -0.832. The van der Waals surface area contributed by atoms with E-state index in [1.807, 2.05) is 31.2 Å². The highest BCUT2D eigenvalue weighted by atomic mass is 32.2. The summed E-state index contributed by atoms with van der Waals surface area (Å²) in [6.45, 7) is 7.89. The Balaban J connectivity index is 2.49. The average molecular weight is 290 g/mol. The largest absolute Gasteiger partial charge is 0.481 e. The van der Waals surface area contributed by atoms with Crippen molar-refractivity contribution in [2.75, 3.05) is 5.75 Å². The number of allylic oxidation sites excluding steroid dienone is 1. The summed E-state index contributed by atoms with van der Waals surface area (Å²) < 4.78 is 2.10. The number of nitrogens with zero attached hydrogens (tertiary/aromatic N) is 2. The second-order valence-corrected chi connectivity index (χ2v) is 5.75. The molecule has 0 spiro atoms. The number of thioether (sulfide) groups is 1. The molecule has 0 saturated carbocycles. The summed E-state index contributed by atoms with van der Waals surface area (Å²) in [5, 5.41) is 9.60. The molecule has 0 saturated heterocycles. The summed E-state index contributed by atoms with van der Waals surface area (Å²) in [4.78, 5) is 15.4. The maximum absolute atomic E-state index is 10.8. The van der Waals surface area contributed by atoms with E-state index in [4.69, 9.17) is 5.11 Å². The molecular formula is C15H18N2O2S. The molecular weight excluding hydrogens is 272 g/mol. The van der Waals surface area contributed by atoms with Crippen LogP contribution in [0.1, 0.15) is 24.9 Å². The van der Waals surface area contributed by atoms with E-state index in [9.17, 15) is 4.79 Å². The summed E-state index contributed by atoms with van der Waals surface area (Å²) in [7, 11) is 0. The Morgan fingerprint density at radius 1 is 1.60 bits per heavy atom. The molecule has 1 N–H and O–H groups in total. The topological polar surface area (TPSA) is 55.1 Å². The first kappa shape index (κ1) is 14.7. The zero-order valence-corrected chi connectivity index (χ0v) is 12.5. The minimum absolute atomic E-state index is 0.0170. The van der Waals surface area contributed by atoms with E-state index in [0.717, 1.165) is 28.2 Å². The van der Waals surface area contributed by atoms with Gasteiger partial charge in [0.15, 0.2) is 5.16 Å². The van der Waals surface area contributed by atoms with Crippen LogP contribution in [0.5, 0.6) is 0 Å². The van der Waals surface area contributed by atoms with Gasteiger partial charge < -0.3 is 9.67 Å². The van der Waals surface area contributed by atoms with Gasteiger partial charge in [0.2, 0.25) is 0 Å². The highest BCUT2D eigenvalue weighted by Gasteiger charge is 2.16. The predicted molar refractivity (Wildman–Crippen MR) is 82.4 cm³/mol. The Labute approximate surface area is 122 Å². The molecule has 2 aromatic rings. The molecule has 5 heteroatoms. The molecule has 0 fully saturated rings. The van der Waals surface area contributed by atoms with Gasteiger partial charge in [0.1, 0.15) is 0 Å². The van der Waals surface area contributed by atoms with E-state index in [1.165, 1.54) is 11.8 Å². The van der Waals surface area contributed by atoms with E-state index in [1.54, 1.807) is 0 Å². The lowest BCUT2D eigenvalue weighted by Crippen LogP contribution is -2.07. The van der Waals surface area contributed by atoms with Gasteiger partial charge in [-0.2, -0.15) is 0 Å². The molecule has 1 aromatic carbocycles. The smallest absolute Gasteiger partial charge is 0.313 e. The summed E-state index contributed by atoms with van der Waals surface area (Å²) in [5.74, 6) is -0.815. The number of rotatable bonds is 6. The summed E-state index contributed by atoms with van der Waals surface area (Å²) in [6, 6.07) is 6.32. The standard InChI is InChI=1S/C15H18N2O2S/c1-4-5-11(3)17-13-7-6-10(2)8-12(13)16-15(17)20-9-14(18)19/h4,6-8,11H,1,5,9H2,2-3H3,(H,18,19). The number of carbonyl (C=O) groups is 1. The molecule has 4 nitrogen and oxygen atoms in total. The van der Waals surface area contributed by atoms with Gasteiger partial charge in [0.05, 0.1) is 16.8 Å². The molecule has 106 valence electrons. The van der Waals surface area contributed by atoms with Crippen LogP contribution in [0, 0.1) is 6.92 Å². The van der Waals surface area contributed by atoms with Gasteiger partial charge in [0, 0.05) is 6.04 Å². The highest BCUT2D eigenvalue weighted by Crippen LogP contribution is 2.29. The zero-order valence-electron chi connectivity index (χ0n) is 11.7. The van der Waals surface area contributed by atoms with Gasteiger partial charge in [-0.1, -0.05) is 23.9 Å². The third-order valence-electron chi connectivity index (χ3n) is 3.09. The number of carboxylic acids is 1. The summed E-state index contributed by atoms with van der Waals surface area (Å²) in [5.41, 5.74) is 3.10. The van der Waals surface area contributed by atoms with Crippen LogP contribution < -0.4 is 0 Å².